The van der Waals surface area contributed by atoms with Gasteiger partial charge in [0.25, 0.3) is 0 Å². The smallest absolute Gasteiger partial charge is 0.0618 e. The van der Waals surface area contributed by atoms with E-state index in [9.17, 15) is 0 Å². The highest BCUT2D eigenvalue weighted by Gasteiger charge is 2.24. The first-order valence-corrected chi connectivity index (χ1v) is 6.54. The highest BCUT2D eigenvalue weighted by Crippen LogP contribution is 2.17. The van der Waals surface area contributed by atoms with Gasteiger partial charge in [-0.2, -0.15) is 0 Å². The molecule has 0 aliphatic carbocycles. The van der Waals surface area contributed by atoms with E-state index < -0.39 is 0 Å². The van der Waals surface area contributed by atoms with Gasteiger partial charge in [-0.15, -0.1) is 0 Å². The third-order valence-electron chi connectivity index (χ3n) is 3.42. The SMILES string of the molecule is CCC1CC(NC(COC)C(C)C)CCO1. The van der Waals surface area contributed by atoms with Crippen LogP contribution in [0.3, 0.4) is 0 Å². The maximum Gasteiger partial charge on any atom is 0.0618 e. The Morgan fingerprint density at radius 1 is 1.44 bits per heavy atom. The van der Waals surface area contributed by atoms with Crippen LogP contribution in [0.1, 0.15) is 40.0 Å². The number of methoxy groups -OCH3 is 1. The molecule has 0 aromatic carbocycles. The summed E-state index contributed by atoms with van der Waals surface area (Å²) < 4.78 is 11.0. The fourth-order valence-corrected chi connectivity index (χ4v) is 2.23. The first-order valence-electron chi connectivity index (χ1n) is 6.54. The Kier molecular flexibility index (Phi) is 6.32. The van der Waals surface area contributed by atoms with Gasteiger partial charge in [-0.05, 0) is 25.2 Å². The normalized spacial score (nSPS) is 28.3. The molecule has 0 spiro atoms. The number of ether oxygens (including phenoxy) is 2. The van der Waals surface area contributed by atoms with Crippen LogP contribution >= 0.6 is 0 Å². The Labute approximate surface area is 99.9 Å². The van der Waals surface area contributed by atoms with E-state index in [-0.39, 0.29) is 0 Å². The first kappa shape index (κ1) is 13.9. The molecule has 1 saturated heterocycles. The van der Waals surface area contributed by atoms with Crippen LogP contribution in [0.5, 0.6) is 0 Å². The summed E-state index contributed by atoms with van der Waals surface area (Å²) in [6.07, 6.45) is 3.84. The zero-order valence-corrected chi connectivity index (χ0v) is 11.2. The molecule has 16 heavy (non-hydrogen) atoms. The van der Waals surface area contributed by atoms with Crippen molar-refractivity contribution in [1.82, 2.24) is 5.32 Å². The fraction of sp³-hybridized carbons (Fsp3) is 1.00. The van der Waals surface area contributed by atoms with E-state index in [1.165, 1.54) is 0 Å². The second kappa shape index (κ2) is 7.25. The van der Waals surface area contributed by atoms with Crippen molar-refractivity contribution in [3.05, 3.63) is 0 Å². The van der Waals surface area contributed by atoms with E-state index in [0.717, 1.165) is 32.5 Å². The lowest BCUT2D eigenvalue weighted by molar-refractivity contribution is -0.00552. The minimum atomic E-state index is 0.446. The summed E-state index contributed by atoms with van der Waals surface area (Å²) in [5.74, 6) is 0.614. The molecule has 0 aromatic rings. The summed E-state index contributed by atoms with van der Waals surface area (Å²) >= 11 is 0. The van der Waals surface area contributed by atoms with Gasteiger partial charge >= 0.3 is 0 Å². The Morgan fingerprint density at radius 2 is 2.19 bits per heavy atom. The molecule has 1 rings (SSSR count). The number of rotatable bonds is 6. The molecule has 0 radical (unpaired) electrons. The Bertz CT molecular complexity index is 185. The maximum absolute atomic E-state index is 5.69. The van der Waals surface area contributed by atoms with Gasteiger partial charge in [-0.3, -0.25) is 0 Å². The van der Waals surface area contributed by atoms with Crippen LogP contribution in [0.4, 0.5) is 0 Å². The van der Waals surface area contributed by atoms with Crippen LogP contribution in [-0.2, 0) is 9.47 Å². The van der Waals surface area contributed by atoms with Gasteiger partial charge in [0.2, 0.25) is 0 Å². The first-order chi connectivity index (χ1) is 7.67. The van der Waals surface area contributed by atoms with Crippen molar-refractivity contribution in [3.8, 4) is 0 Å². The van der Waals surface area contributed by atoms with Crippen molar-refractivity contribution in [2.24, 2.45) is 5.92 Å². The molecular weight excluding hydrogens is 202 g/mol. The zero-order chi connectivity index (χ0) is 12.0. The second-order valence-corrected chi connectivity index (χ2v) is 5.09. The summed E-state index contributed by atoms with van der Waals surface area (Å²) in [7, 11) is 1.77. The molecule has 3 nitrogen and oxygen atoms in total. The van der Waals surface area contributed by atoms with Crippen molar-refractivity contribution in [2.75, 3.05) is 20.3 Å². The molecule has 3 heteroatoms. The molecule has 0 amide bonds. The largest absolute Gasteiger partial charge is 0.383 e. The number of nitrogens with one attached hydrogen (secondary N) is 1. The van der Waals surface area contributed by atoms with Gasteiger partial charge < -0.3 is 14.8 Å². The Balaban J connectivity index is 2.38. The van der Waals surface area contributed by atoms with E-state index >= 15 is 0 Å². The summed E-state index contributed by atoms with van der Waals surface area (Å²) in [4.78, 5) is 0. The molecule has 1 aliphatic heterocycles. The van der Waals surface area contributed by atoms with E-state index in [1.54, 1.807) is 7.11 Å². The second-order valence-electron chi connectivity index (χ2n) is 5.09. The molecule has 3 unspecified atom stereocenters. The van der Waals surface area contributed by atoms with Crippen LogP contribution in [0.15, 0.2) is 0 Å². The molecular formula is C13H27NO2. The Hall–Kier alpha value is -0.120. The molecule has 3 atom stereocenters. The third-order valence-corrected chi connectivity index (χ3v) is 3.42. The molecule has 96 valence electrons. The lowest BCUT2D eigenvalue weighted by Crippen LogP contribution is -2.47. The van der Waals surface area contributed by atoms with E-state index in [2.05, 4.69) is 26.1 Å². The molecule has 1 heterocycles. The molecule has 1 aliphatic rings. The van der Waals surface area contributed by atoms with Crippen molar-refractivity contribution < 1.29 is 9.47 Å². The van der Waals surface area contributed by atoms with Gasteiger partial charge in [-0.1, -0.05) is 20.8 Å². The lowest BCUT2D eigenvalue weighted by Gasteiger charge is -2.33. The van der Waals surface area contributed by atoms with Gasteiger partial charge in [0.05, 0.1) is 12.7 Å². The quantitative estimate of drug-likeness (QED) is 0.757. The number of hydrogen-bond acceptors (Lipinski definition) is 3. The molecule has 0 aromatic heterocycles. The molecule has 0 bridgehead atoms. The van der Waals surface area contributed by atoms with E-state index in [4.69, 9.17) is 9.47 Å². The molecule has 0 saturated carbocycles. The summed E-state index contributed by atoms with van der Waals surface area (Å²) in [5.41, 5.74) is 0. The minimum Gasteiger partial charge on any atom is -0.383 e. The predicted molar refractivity (Wildman–Crippen MR) is 66.7 cm³/mol. The maximum atomic E-state index is 5.69. The summed E-state index contributed by atoms with van der Waals surface area (Å²) in [6.45, 7) is 8.38. The van der Waals surface area contributed by atoms with Crippen LogP contribution in [0.2, 0.25) is 0 Å². The standard InChI is InChI=1S/C13H27NO2/c1-5-12-8-11(6-7-16-12)14-13(9-15-4)10(2)3/h10-14H,5-9H2,1-4H3. The van der Waals surface area contributed by atoms with E-state index in [1.807, 2.05) is 0 Å². The predicted octanol–water partition coefficient (Wildman–Crippen LogP) is 2.20. The highest BCUT2D eigenvalue weighted by molar-refractivity contribution is 4.81. The van der Waals surface area contributed by atoms with Crippen molar-refractivity contribution in [2.45, 2.75) is 58.2 Å². The fourth-order valence-electron chi connectivity index (χ4n) is 2.23. The van der Waals surface area contributed by atoms with Gasteiger partial charge in [0, 0.05) is 25.8 Å². The topological polar surface area (TPSA) is 30.5 Å². The van der Waals surface area contributed by atoms with Gasteiger partial charge in [0.1, 0.15) is 0 Å². The van der Waals surface area contributed by atoms with Crippen LogP contribution in [0.25, 0.3) is 0 Å². The Morgan fingerprint density at radius 3 is 2.75 bits per heavy atom. The van der Waals surface area contributed by atoms with Crippen LogP contribution < -0.4 is 5.32 Å². The zero-order valence-electron chi connectivity index (χ0n) is 11.2. The van der Waals surface area contributed by atoms with Gasteiger partial charge in [0.15, 0.2) is 0 Å². The number of hydrogen-bond donors (Lipinski definition) is 1. The average molecular weight is 229 g/mol. The van der Waals surface area contributed by atoms with Crippen molar-refractivity contribution in [1.29, 1.82) is 0 Å². The van der Waals surface area contributed by atoms with Crippen LogP contribution in [0, 0.1) is 5.92 Å². The van der Waals surface area contributed by atoms with Crippen molar-refractivity contribution >= 4 is 0 Å². The van der Waals surface area contributed by atoms with Gasteiger partial charge in [-0.25, -0.2) is 0 Å². The monoisotopic (exact) mass is 229 g/mol. The lowest BCUT2D eigenvalue weighted by atomic mass is 9.98. The van der Waals surface area contributed by atoms with Crippen molar-refractivity contribution in [3.63, 3.8) is 0 Å². The van der Waals surface area contributed by atoms with Crippen LogP contribution in [-0.4, -0.2) is 38.5 Å². The minimum absolute atomic E-state index is 0.446. The van der Waals surface area contributed by atoms with E-state index in [0.29, 0.717) is 24.1 Å². The molecule has 1 N–H and O–H groups in total. The third kappa shape index (κ3) is 4.40. The average Bonchev–Trinajstić information content (AvgIpc) is 2.28. The molecule has 1 fully saturated rings. The highest BCUT2D eigenvalue weighted by atomic mass is 16.5. The summed E-state index contributed by atoms with van der Waals surface area (Å²) in [6, 6.07) is 1.06. The summed E-state index contributed by atoms with van der Waals surface area (Å²) in [5, 5.41) is 3.72.